The van der Waals surface area contributed by atoms with Gasteiger partial charge in [0.05, 0.1) is 45.2 Å². The number of aliphatic hydroxyl groups is 1. The average molecular weight is 304 g/mol. The zero-order valence-electron chi connectivity index (χ0n) is 13.2. The number of nitrogens with zero attached hydrogens (tertiary/aromatic N) is 1. The summed E-state index contributed by atoms with van der Waals surface area (Å²) in [6, 6.07) is -0.323. The van der Waals surface area contributed by atoms with Crippen molar-refractivity contribution in [2.75, 3.05) is 53.2 Å². The van der Waals surface area contributed by atoms with E-state index >= 15 is 0 Å². The Kier molecular flexibility index (Phi) is 8.79. The van der Waals surface area contributed by atoms with Crippen molar-refractivity contribution >= 4 is 5.91 Å². The summed E-state index contributed by atoms with van der Waals surface area (Å²) in [5.74, 6) is -0.0723. The second-order valence-electron chi connectivity index (χ2n) is 5.45. The van der Waals surface area contributed by atoms with Crippen LogP contribution >= 0.6 is 0 Å². The molecule has 0 radical (unpaired) electrons. The number of likely N-dealkylation sites (N-methyl/N-ethyl adjacent to an activating group) is 1. The molecule has 0 spiro atoms. The summed E-state index contributed by atoms with van der Waals surface area (Å²) in [6.07, 6.45) is -0.532. The first kappa shape index (κ1) is 18.3. The van der Waals surface area contributed by atoms with Crippen LogP contribution in [-0.4, -0.2) is 87.3 Å². The largest absolute Gasteiger partial charge is 0.389 e. The summed E-state index contributed by atoms with van der Waals surface area (Å²) >= 11 is 0. The van der Waals surface area contributed by atoms with Crippen LogP contribution in [0.3, 0.4) is 0 Å². The van der Waals surface area contributed by atoms with Gasteiger partial charge in [-0.05, 0) is 13.8 Å². The predicted octanol–water partition coefficient (Wildman–Crippen LogP) is -0.764. The van der Waals surface area contributed by atoms with Crippen LogP contribution in [-0.2, 0) is 19.0 Å². The van der Waals surface area contributed by atoms with Crippen molar-refractivity contribution in [2.45, 2.75) is 32.1 Å². The third-order valence-electron chi connectivity index (χ3n) is 3.07. The van der Waals surface area contributed by atoms with Gasteiger partial charge in [0.15, 0.2) is 0 Å². The first-order valence-electron chi connectivity index (χ1n) is 7.44. The molecule has 124 valence electrons. The first-order chi connectivity index (χ1) is 10.0. The Labute approximate surface area is 126 Å². The molecular weight excluding hydrogens is 276 g/mol. The number of carbonyl (C=O) groups excluding carboxylic acids is 1. The summed E-state index contributed by atoms with van der Waals surface area (Å²) in [7, 11) is 1.67. The van der Waals surface area contributed by atoms with E-state index in [1.54, 1.807) is 7.05 Å². The molecule has 2 N–H and O–H groups in total. The molecule has 0 aromatic heterocycles. The van der Waals surface area contributed by atoms with E-state index in [4.69, 9.17) is 14.2 Å². The lowest BCUT2D eigenvalue weighted by molar-refractivity contribution is -0.136. The number of carbonyl (C=O) groups is 1. The second-order valence-corrected chi connectivity index (χ2v) is 5.45. The van der Waals surface area contributed by atoms with Gasteiger partial charge in [-0.15, -0.1) is 0 Å². The third kappa shape index (κ3) is 7.73. The highest BCUT2D eigenvalue weighted by molar-refractivity contribution is 5.81. The summed E-state index contributed by atoms with van der Waals surface area (Å²) in [6.45, 7) is 6.95. The maximum absolute atomic E-state index is 12.1. The van der Waals surface area contributed by atoms with E-state index in [0.717, 1.165) is 0 Å². The summed E-state index contributed by atoms with van der Waals surface area (Å²) in [4.78, 5) is 13.6. The maximum atomic E-state index is 12.1. The Morgan fingerprint density at radius 1 is 1.48 bits per heavy atom. The topological polar surface area (TPSA) is 80.3 Å². The van der Waals surface area contributed by atoms with Gasteiger partial charge in [-0.3, -0.25) is 4.79 Å². The zero-order chi connectivity index (χ0) is 15.7. The molecule has 0 bridgehead atoms. The summed E-state index contributed by atoms with van der Waals surface area (Å²) in [5, 5.41) is 13.0. The molecule has 1 heterocycles. The molecule has 1 rings (SSSR count). The predicted molar refractivity (Wildman–Crippen MR) is 78.2 cm³/mol. The molecule has 1 aliphatic heterocycles. The van der Waals surface area contributed by atoms with Gasteiger partial charge >= 0.3 is 0 Å². The van der Waals surface area contributed by atoms with Crippen LogP contribution in [0.2, 0.25) is 0 Å². The van der Waals surface area contributed by atoms with Crippen molar-refractivity contribution in [1.82, 2.24) is 10.2 Å². The lowest BCUT2D eigenvalue weighted by atomic mass is 10.2. The van der Waals surface area contributed by atoms with E-state index in [9.17, 15) is 9.90 Å². The molecule has 1 fully saturated rings. The summed E-state index contributed by atoms with van der Waals surface area (Å²) < 4.78 is 15.9. The smallest absolute Gasteiger partial charge is 0.241 e. The molecule has 0 saturated carbocycles. The molecule has 1 aliphatic rings. The van der Waals surface area contributed by atoms with Crippen molar-refractivity contribution in [2.24, 2.45) is 0 Å². The van der Waals surface area contributed by atoms with Crippen LogP contribution in [0, 0.1) is 0 Å². The molecule has 0 aromatic carbocycles. The first-order valence-corrected chi connectivity index (χ1v) is 7.44. The summed E-state index contributed by atoms with van der Waals surface area (Å²) in [5.41, 5.74) is 0. The highest BCUT2D eigenvalue weighted by atomic mass is 16.5. The Morgan fingerprint density at radius 2 is 2.24 bits per heavy atom. The Hall–Kier alpha value is -0.730. The molecule has 2 unspecified atom stereocenters. The van der Waals surface area contributed by atoms with Crippen LogP contribution in [0.15, 0.2) is 0 Å². The molecule has 21 heavy (non-hydrogen) atoms. The van der Waals surface area contributed by atoms with Gasteiger partial charge in [0.1, 0.15) is 6.04 Å². The fourth-order valence-electron chi connectivity index (χ4n) is 2.01. The van der Waals surface area contributed by atoms with Gasteiger partial charge < -0.3 is 29.5 Å². The molecule has 2 atom stereocenters. The van der Waals surface area contributed by atoms with Gasteiger partial charge in [-0.2, -0.15) is 0 Å². The lowest BCUT2D eigenvalue weighted by Gasteiger charge is -2.28. The quantitative estimate of drug-likeness (QED) is 0.545. The van der Waals surface area contributed by atoms with E-state index in [1.165, 1.54) is 4.90 Å². The fraction of sp³-hybridized carbons (Fsp3) is 0.929. The Morgan fingerprint density at radius 3 is 2.86 bits per heavy atom. The molecule has 7 heteroatoms. The number of ether oxygens (including phenoxy) is 3. The number of aliphatic hydroxyl groups excluding tert-OH is 1. The second kappa shape index (κ2) is 10.1. The van der Waals surface area contributed by atoms with Crippen molar-refractivity contribution in [3.8, 4) is 0 Å². The van der Waals surface area contributed by atoms with E-state index < -0.39 is 6.10 Å². The van der Waals surface area contributed by atoms with Crippen LogP contribution < -0.4 is 5.32 Å². The zero-order valence-corrected chi connectivity index (χ0v) is 13.2. The van der Waals surface area contributed by atoms with Gasteiger partial charge in [0.25, 0.3) is 0 Å². The van der Waals surface area contributed by atoms with Crippen LogP contribution in [0.5, 0.6) is 0 Å². The molecule has 7 nitrogen and oxygen atoms in total. The number of morpholine rings is 1. The molecule has 0 aromatic rings. The SMILES string of the molecule is CC(C)OCCOCC(O)CN(C)C(=O)C1COCCN1. The van der Waals surface area contributed by atoms with Gasteiger partial charge in [-0.1, -0.05) is 0 Å². The van der Waals surface area contributed by atoms with Crippen molar-refractivity contribution in [3.05, 3.63) is 0 Å². The highest BCUT2D eigenvalue weighted by Crippen LogP contribution is 2.00. The van der Waals surface area contributed by atoms with Gasteiger partial charge in [-0.25, -0.2) is 0 Å². The minimum Gasteiger partial charge on any atom is -0.389 e. The normalized spacial score (nSPS) is 20.5. The monoisotopic (exact) mass is 304 g/mol. The van der Waals surface area contributed by atoms with Crippen LogP contribution in [0.4, 0.5) is 0 Å². The number of rotatable bonds is 9. The van der Waals surface area contributed by atoms with Crippen molar-refractivity contribution in [1.29, 1.82) is 0 Å². The van der Waals surface area contributed by atoms with Crippen LogP contribution in [0.25, 0.3) is 0 Å². The molecule has 1 amide bonds. The van der Waals surface area contributed by atoms with E-state index in [1.807, 2.05) is 13.8 Å². The van der Waals surface area contributed by atoms with Crippen molar-refractivity contribution < 1.29 is 24.1 Å². The van der Waals surface area contributed by atoms with Crippen molar-refractivity contribution in [3.63, 3.8) is 0 Å². The number of nitrogens with one attached hydrogen (secondary N) is 1. The number of hydrogen-bond donors (Lipinski definition) is 2. The third-order valence-corrected chi connectivity index (χ3v) is 3.07. The highest BCUT2D eigenvalue weighted by Gasteiger charge is 2.25. The Bertz CT molecular complexity index is 295. The average Bonchev–Trinajstić information content (AvgIpc) is 2.46. The number of amides is 1. The van der Waals surface area contributed by atoms with Gasteiger partial charge in [0.2, 0.25) is 5.91 Å². The maximum Gasteiger partial charge on any atom is 0.241 e. The van der Waals surface area contributed by atoms with E-state index in [-0.39, 0.29) is 31.2 Å². The van der Waals surface area contributed by atoms with E-state index in [0.29, 0.717) is 33.0 Å². The van der Waals surface area contributed by atoms with Crippen LogP contribution in [0.1, 0.15) is 13.8 Å². The molecule has 0 aliphatic carbocycles. The minimum atomic E-state index is -0.706. The Balaban J connectivity index is 2.14. The van der Waals surface area contributed by atoms with Gasteiger partial charge in [0, 0.05) is 20.1 Å². The standard InChI is InChI=1S/C14H28N2O5/c1-11(2)21-7-6-20-9-12(17)8-16(3)14(18)13-10-19-5-4-15-13/h11-13,15,17H,4-10H2,1-3H3. The molecular formula is C14H28N2O5. The minimum absolute atomic E-state index is 0.0723. The molecule has 1 saturated heterocycles. The van der Waals surface area contributed by atoms with E-state index in [2.05, 4.69) is 5.32 Å². The lowest BCUT2D eigenvalue weighted by Crippen LogP contribution is -2.53. The fourth-order valence-corrected chi connectivity index (χ4v) is 2.01. The number of hydrogen-bond acceptors (Lipinski definition) is 6.